The summed E-state index contributed by atoms with van der Waals surface area (Å²) in [6.45, 7) is 0.536. The van der Waals surface area contributed by atoms with E-state index < -0.39 is 0 Å². The molecule has 0 spiro atoms. The summed E-state index contributed by atoms with van der Waals surface area (Å²) < 4.78 is 0. The minimum Gasteiger partial charge on any atom is -0.330 e. The second kappa shape index (κ2) is 4.23. The van der Waals surface area contributed by atoms with Gasteiger partial charge in [0.25, 0.3) is 5.91 Å². The zero-order chi connectivity index (χ0) is 10.7. The predicted octanol–water partition coefficient (Wildman–Crippen LogP) is 1.13. The summed E-state index contributed by atoms with van der Waals surface area (Å²) in [5.74, 6) is 0.0182. The van der Waals surface area contributed by atoms with Gasteiger partial charge in [-0.1, -0.05) is 18.2 Å². The average Bonchev–Trinajstić information content (AvgIpc) is 2.61. The van der Waals surface area contributed by atoms with Crippen molar-refractivity contribution in [2.75, 3.05) is 11.6 Å². The smallest absolute Gasteiger partial charge is 0.253 e. The van der Waals surface area contributed by atoms with Crippen LogP contribution in [0, 0.1) is 0 Å². The average molecular weight is 203 g/mol. The molecule has 1 heterocycles. The summed E-state index contributed by atoms with van der Waals surface area (Å²) in [5.41, 5.74) is 7.11. The summed E-state index contributed by atoms with van der Waals surface area (Å²) in [4.78, 5) is 11.6. The van der Waals surface area contributed by atoms with Gasteiger partial charge in [-0.15, -0.1) is 0 Å². The van der Waals surface area contributed by atoms with Crippen molar-refractivity contribution in [2.24, 2.45) is 10.8 Å². The van der Waals surface area contributed by atoms with Gasteiger partial charge in [0, 0.05) is 12.1 Å². The highest BCUT2D eigenvalue weighted by atomic mass is 16.2. The first-order chi connectivity index (χ1) is 7.31. The molecule has 0 unspecified atom stereocenters. The molecule has 78 valence electrons. The van der Waals surface area contributed by atoms with Crippen LogP contribution in [-0.4, -0.2) is 18.2 Å². The van der Waals surface area contributed by atoms with Crippen LogP contribution in [0.25, 0.3) is 0 Å². The van der Waals surface area contributed by atoms with Crippen LogP contribution in [0.2, 0.25) is 0 Å². The van der Waals surface area contributed by atoms with Crippen molar-refractivity contribution < 1.29 is 4.79 Å². The second-order valence-corrected chi connectivity index (χ2v) is 3.42. The van der Waals surface area contributed by atoms with Gasteiger partial charge < -0.3 is 5.73 Å². The maximum absolute atomic E-state index is 11.6. The van der Waals surface area contributed by atoms with Gasteiger partial charge in [0.15, 0.2) is 0 Å². The SMILES string of the molecule is NCCC1=NN(c2ccccc2)C(=O)C1. The molecule has 15 heavy (non-hydrogen) atoms. The Balaban J connectivity index is 2.20. The number of rotatable bonds is 3. The lowest BCUT2D eigenvalue weighted by Crippen LogP contribution is -2.19. The van der Waals surface area contributed by atoms with Crippen molar-refractivity contribution in [3.63, 3.8) is 0 Å². The first kappa shape index (κ1) is 9.86. The number of benzene rings is 1. The van der Waals surface area contributed by atoms with Gasteiger partial charge in [0.2, 0.25) is 0 Å². The van der Waals surface area contributed by atoms with E-state index in [4.69, 9.17) is 5.73 Å². The molecule has 0 radical (unpaired) electrons. The van der Waals surface area contributed by atoms with Crippen molar-refractivity contribution in [2.45, 2.75) is 12.8 Å². The Kier molecular flexibility index (Phi) is 2.78. The van der Waals surface area contributed by atoms with Gasteiger partial charge in [0.1, 0.15) is 0 Å². The van der Waals surface area contributed by atoms with Gasteiger partial charge >= 0.3 is 0 Å². The molecule has 0 saturated carbocycles. The number of nitrogens with zero attached hydrogens (tertiary/aromatic N) is 2. The highest BCUT2D eigenvalue weighted by Gasteiger charge is 2.23. The summed E-state index contributed by atoms with van der Waals surface area (Å²) in [6.07, 6.45) is 1.08. The molecule has 0 bridgehead atoms. The highest BCUT2D eigenvalue weighted by molar-refractivity contribution is 6.12. The zero-order valence-corrected chi connectivity index (χ0v) is 8.39. The van der Waals surface area contributed by atoms with E-state index in [1.807, 2.05) is 30.3 Å². The lowest BCUT2D eigenvalue weighted by atomic mass is 10.2. The molecule has 1 aliphatic rings. The van der Waals surface area contributed by atoms with Crippen LogP contribution in [0.4, 0.5) is 5.69 Å². The number of nitrogens with two attached hydrogens (primary N) is 1. The van der Waals surface area contributed by atoms with Crippen molar-refractivity contribution in [1.82, 2.24) is 0 Å². The van der Waals surface area contributed by atoms with Crippen LogP contribution in [0.1, 0.15) is 12.8 Å². The van der Waals surface area contributed by atoms with E-state index >= 15 is 0 Å². The predicted molar refractivity (Wildman–Crippen MR) is 59.7 cm³/mol. The number of hydrazone groups is 1. The highest BCUT2D eigenvalue weighted by Crippen LogP contribution is 2.20. The Bertz CT molecular complexity index is 386. The molecule has 1 amide bonds. The molecule has 0 aliphatic carbocycles. The Morgan fingerprint density at radius 1 is 1.33 bits per heavy atom. The molecule has 1 aromatic carbocycles. The van der Waals surface area contributed by atoms with Gasteiger partial charge in [-0.3, -0.25) is 4.79 Å². The zero-order valence-electron chi connectivity index (χ0n) is 8.39. The van der Waals surface area contributed by atoms with Crippen molar-refractivity contribution in [3.8, 4) is 0 Å². The minimum absolute atomic E-state index is 0.0182. The molecule has 2 rings (SSSR count). The van der Waals surface area contributed by atoms with Gasteiger partial charge in [-0.2, -0.15) is 5.10 Å². The fraction of sp³-hybridized carbons (Fsp3) is 0.273. The first-order valence-electron chi connectivity index (χ1n) is 4.95. The van der Waals surface area contributed by atoms with Crippen LogP contribution in [0.15, 0.2) is 35.4 Å². The molecule has 0 fully saturated rings. The standard InChI is InChI=1S/C11H13N3O/c12-7-6-9-8-11(15)14(13-9)10-4-2-1-3-5-10/h1-5H,6-8,12H2. The van der Waals surface area contributed by atoms with E-state index in [-0.39, 0.29) is 5.91 Å². The van der Waals surface area contributed by atoms with Crippen molar-refractivity contribution in [3.05, 3.63) is 30.3 Å². The number of amides is 1. The van der Waals surface area contributed by atoms with E-state index in [9.17, 15) is 4.79 Å². The Hall–Kier alpha value is -1.68. The third kappa shape index (κ3) is 2.05. The molecule has 2 N–H and O–H groups in total. The van der Waals surface area contributed by atoms with Crippen LogP contribution in [0.3, 0.4) is 0 Å². The normalized spacial score (nSPS) is 15.7. The molecule has 0 saturated heterocycles. The quantitative estimate of drug-likeness (QED) is 0.800. The Morgan fingerprint density at radius 3 is 2.73 bits per heavy atom. The van der Waals surface area contributed by atoms with E-state index in [0.717, 1.165) is 11.4 Å². The van der Waals surface area contributed by atoms with E-state index in [1.54, 1.807) is 0 Å². The monoisotopic (exact) mass is 203 g/mol. The van der Waals surface area contributed by atoms with Crippen LogP contribution in [0.5, 0.6) is 0 Å². The fourth-order valence-corrected chi connectivity index (χ4v) is 1.56. The number of hydrogen-bond donors (Lipinski definition) is 1. The molecule has 4 heteroatoms. The number of carbonyl (C=O) groups is 1. The van der Waals surface area contributed by atoms with Crippen LogP contribution in [-0.2, 0) is 4.79 Å². The maximum atomic E-state index is 11.6. The molecule has 1 aromatic rings. The fourth-order valence-electron chi connectivity index (χ4n) is 1.56. The summed E-state index contributed by atoms with van der Waals surface area (Å²) in [7, 11) is 0. The van der Waals surface area contributed by atoms with Crippen LogP contribution < -0.4 is 10.7 Å². The number of anilines is 1. The van der Waals surface area contributed by atoms with Crippen molar-refractivity contribution >= 4 is 17.3 Å². The summed E-state index contributed by atoms with van der Waals surface area (Å²) in [6, 6.07) is 9.42. The topological polar surface area (TPSA) is 58.7 Å². The first-order valence-corrected chi connectivity index (χ1v) is 4.95. The molecule has 0 atom stereocenters. The molecular formula is C11H13N3O. The van der Waals surface area contributed by atoms with E-state index in [2.05, 4.69) is 5.10 Å². The number of para-hydroxylation sites is 1. The Labute approximate surface area is 88.4 Å². The van der Waals surface area contributed by atoms with Crippen molar-refractivity contribution in [1.29, 1.82) is 0 Å². The van der Waals surface area contributed by atoms with E-state index in [0.29, 0.717) is 19.4 Å². The lowest BCUT2D eigenvalue weighted by molar-refractivity contribution is -0.116. The van der Waals surface area contributed by atoms with Crippen LogP contribution >= 0.6 is 0 Å². The van der Waals surface area contributed by atoms with Gasteiger partial charge in [-0.05, 0) is 18.7 Å². The summed E-state index contributed by atoms with van der Waals surface area (Å²) >= 11 is 0. The number of carbonyl (C=O) groups excluding carboxylic acids is 1. The second-order valence-electron chi connectivity index (χ2n) is 3.42. The molecule has 1 aliphatic heterocycles. The third-order valence-electron chi connectivity index (χ3n) is 2.27. The third-order valence-corrected chi connectivity index (χ3v) is 2.27. The molecular weight excluding hydrogens is 190 g/mol. The molecule has 0 aromatic heterocycles. The van der Waals surface area contributed by atoms with Gasteiger partial charge in [0.05, 0.1) is 12.1 Å². The maximum Gasteiger partial charge on any atom is 0.253 e. The largest absolute Gasteiger partial charge is 0.330 e. The number of hydrogen-bond acceptors (Lipinski definition) is 3. The lowest BCUT2D eigenvalue weighted by Gasteiger charge is -2.10. The van der Waals surface area contributed by atoms with Gasteiger partial charge in [-0.25, -0.2) is 5.01 Å². The molecule has 4 nitrogen and oxygen atoms in total. The minimum atomic E-state index is 0.0182. The van der Waals surface area contributed by atoms with E-state index in [1.165, 1.54) is 5.01 Å². The summed E-state index contributed by atoms with van der Waals surface area (Å²) in [5, 5.41) is 5.70. The Morgan fingerprint density at radius 2 is 2.07 bits per heavy atom.